The molecule has 2 atom stereocenters. The number of carbonyl (C=O) groups is 1. The molecule has 4 nitrogen and oxygen atoms in total. The molecule has 4 heteroatoms. The number of carbonyl (C=O) groups excluding carboxylic acids is 1. The molecule has 0 bridgehead atoms. The second-order valence-corrected chi connectivity index (χ2v) is 5.98. The summed E-state index contributed by atoms with van der Waals surface area (Å²) in [6.07, 6.45) is 1.91. The van der Waals surface area contributed by atoms with Gasteiger partial charge in [0.25, 0.3) is 0 Å². The number of esters is 1. The number of rotatable bonds is 6. The monoisotopic (exact) mass is 291 g/mol. The first-order valence-corrected chi connectivity index (χ1v) is 7.73. The highest BCUT2D eigenvalue weighted by Gasteiger charge is 2.36. The number of hydrogen-bond acceptors (Lipinski definition) is 4. The highest BCUT2D eigenvalue weighted by atomic mass is 16.5. The molecular formula is C17H25NO3. The number of ether oxygens (including phenoxy) is 1. The molecule has 1 N–H and O–H groups in total. The predicted molar refractivity (Wildman–Crippen MR) is 82.0 cm³/mol. The normalized spacial score (nSPS) is 22.7. The summed E-state index contributed by atoms with van der Waals surface area (Å²) in [5.74, 6) is -0.207. The molecule has 0 aromatic heterocycles. The fourth-order valence-corrected chi connectivity index (χ4v) is 2.81. The Hall–Kier alpha value is -1.39. The van der Waals surface area contributed by atoms with E-state index in [1.807, 2.05) is 32.0 Å². The third-order valence-corrected chi connectivity index (χ3v) is 3.76. The summed E-state index contributed by atoms with van der Waals surface area (Å²) >= 11 is 0. The lowest BCUT2D eigenvalue weighted by molar-refractivity contribution is -0.152. The van der Waals surface area contributed by atoms with Crippen LogP contribution in [-0.4, -0.2) is 47.3 Å². The standard InChI is InChI=1S/C17H25NO3/c1-13(2)21-17(20)16-11-15(19)12-18(16)10-6-9-14-7-4-3-5-8-14/h3-5,7-8,13,15-16,19H,6,9-12H2,1-2H3/t15-,16+/m1/s1. The van der Waals surface area contributed by atoms with Crippen LogP contribution in [0.1, 0.15) is 32.3 Å². The van der Waals surface area contributed by atoms with Crippen LogP contribution < -0.4 is 0 Å². The zero-order valence-corrected chi connectivity index (χ0v) is 12.9. The Labute approximate surface area is 126 Å². The summed E-state index contributed by atoms with van der Waals surface area (Å²) in [5, 5.41) is 9.82. The van der Waals surface area contributed by atoms with Gasteiger partial charge in [-0.05, 0) is 38.8 Å². The third-order valence-electron chi connectivity index (χ3n) is 3.76. The minimum Gasteiger partial charge on any atom is -0.462 e. The van der Waals surface area contributed by atoms with E-state index in [1.165, 1.54) is 5.56 Å². The van der Waals surface area contributed by atoms with Gasteiger partial charge >= 0.3 is 5.97 Å². The number of benzene rings is 1. The Morgan fingerprint density at radius 2 is 2.10 bits per heavy atom. The van der Waals surface area contributed by atoms with Crippen molar-refractivity contribution in [3.05, 3.63) is 35.9 Å². The number of nitrogens with zero attached hydrogens (tertiary/aromatic N) is 1. The molecule has 0 saturated carbocycles. The van der Waals surface area contributed by atoms with E-state index in [-0.39, 0.29) is 18.1 Å². The lowest BCUT2D eigenvalue weighted by Crippen LogP contribution is -2.39. The Kier molecular flexibility index (Phi) is 5.76. The Bertz CT molecular complexity index is 447. The van der Waals surface area contributed by atoms with Crippen molar-refractivity contribution in [2.24, 2.45) is 0 Å². The van der Waals surface area contributed by atoms with Crippen molar-refractivity contribution in [2.75, 3.05) is 13.1 Å². The van der Waals surface area contributed by atoms with Crippen molar-refractivity contribution in [1.29, 1.82) is 0 Å². The zero-order chi connectivity index (χ0) is 15.2. The number of aliphatic hydroxyl groups is 1. The second-order valence-electron chi connectivity index (χ2n) is 5.98. The average Bonchev–Trinajstić information content (AvgIpc) is 2.80. The van der Waals surface area contributed by atoms with E-state index in [2.05, 4.69) is 17.0 Å². The van der Waals surface area contributed by atoms with E-state index in [4.69, 9.17) is 4.74 Å². The number of β-amino-alcohol motifs (C(OH)–C–C–N with tert-alkyl or cyclic N) is 1. The highest BCUT2D eigenvalue weighted by Crippen LogP contribution is 2.20. The summed E-state index contributed by atoms with van der Waals surface area (Å²) in [4.78, 5) is 14.1. The van der Waals surface area contributed by atoms with Crippen LogP contribution in [0.2, 0.25) is 0 Å². The van der Waals surface area contributed by atoms with Crippen molar-refractivity contribution in [1.82, 2.24) is 4.90 Å². The van der Waals surface area contributed by atoms with E-state index in [0.717, 1.165) is 19.4 Å². The van der Waals surface area contributed by atoms with Crippen LogP contribution in [0.15, 0.2) is 30.3 Å². The van der Waals surface area contributed by atoms with Crippen molar-refractivity contribution in [2.45, 2.75) is 51.4 Å². The van der Waals surface area contributed by atoms with Gasteiger partial charge in [0.05, 0.1) is 12.2 Å². The summed E-state index contributed by atoms with van der Waals surface area (Å²) in [5.41, 5.74) is 1.30. The van der Waals surface area contributed by atoms with Crippen molar-refractivity contribution < 1.29 is 14.6 Å². The first-order chi connectivity index (χ1) is 10.1. The maximum Gasteiger partial charge on any atom is 0.323 e. The van der Waals surface area contributed by atoms with Crippen LogP contribution in [0.4, 0.5) is 0 Å². The van der Waals surface area contributed by atoms with Crippen molar-refractivity contribution in [3.63, 3.8) is 0 Å². The predicted octanol–water partition coefficient (Wildman–Crippen LogP) is 2.01. The quantitative estimate of drug-likeness (QED) is 0.815. The molecule has 1 aliphatic rings. The largest absolute Gasteiger partial charge is 0.462 e. The first-order valence-electron chi connectivity index (χ1n) is 7.73. The second kappa shape index (κ2) is 7.57. The average molecular weight is 291 g/mol. The van der Waals surface area contributed by atoms with E-state index in [1.54, 1.807) is 0 Å². The number of aryl methyl sites for hydroxylation is 1. The highest BCUT2D eigenvalue weighted by molar-refractivity contribution is 5.76. The van der Waals surface area contributed by atoms with Crippen LogP contribution in [0, 0.1) is 0 Å². The van der Waals surface area contributed by atoms with Gasteiger partial charge in [0.15, 0.2) is 0 Å². The molecule has 0 radical (unpaired) electrons. The Morgan fingerprint density at radius 1 is 1.38 bits per heavy atom. The van der Waals surface area contributed by atoms with Gasteiger partial charge in [-0.25, -0.2) is 0 Å². The van der Waals surface area contributed by atoms with Gasteiger partial charge in [0, 0.05) is 13.0 Å². The summed E-state index contributed by atoms with van der Waals surface area (Å²) in [7, 11) is 0. The maximum atomic E-state index is 12.1. The maximum absolute atomic E-state index is 12.1. The van der Waals surface area contributed by atoms with E-state index < -0.39 is 6.10 Å². The van der Waals surface area contributed by atoms with E-state index in [9.17, 15) is 9.90 Å². The Morgan fingerprint density at radius 3 is 2.76 bits per heavy atom. The van der Waals surface area contributed by atoms with Crippen LogP contribution in [0.25, 0.3) is 0 Å². The molecule has 0 spiro atoms. The first kappa shape index (κ1) is 16.0. The molecule has 1 aromatic rings. The fourth-order valence-electron chi connectivity index (χ4n) is 2.81. The van der Waals surface area contributed by atoms with Crippen molar-refractivity contribution >= 4 is 5.97 Å². The van der Waals surface area contributed by atoms with E-state index >= 15 is 0 Å². The number of aliphatic hydroxyl groups excluding tert-OH is 1. The molecule has 0 unspecified atom stereocenters. The van der Waals surface area contributed by atoms with Gasteiger partial charge in [-0.15, -0.1) is 0 Å². The molecule has 0 amide bonds. The lowest BCUT2D eigenvalue weighted by Gasteiger charge is -2.23. The van der Waals surface area contributed by atoms with Gasteiger partial charge in [-0.3, -0.25) is 9.69 Å². The number of hydrogen-bond donors (Lipinski definition) is 1. The smallest absolute Gasteiger partial charge is 0.323 e. The van der Waals surface area contributed by atoms with E-state index in [0.29, 0.717) is 13.0 Å². The molecular weight excluding hydrogens is 266 g/mol. The zero-order valence-electron chi connectivity index (χ0n) is 12.9. The van der Waals surface area contributed by atoms with Crippen LogP contribution in [0.5, 0.6) is 0 Å². The molecule has 2 rings (SSSR count). The molecule has 1 fully saturated rings. The molecule has 1 aromatic carbocycles. The van der Waals surface area contributed by atoms with Crippen LogP contribution in [-0.2, 0) is 16.0 Å². The molecule has 1 heterocycles. The summed E-state index contributed by atoms with van der Waals surface area (Å²) < 4.78 is 5.29. The minimum absolute atomic E-state index is 0.110. The lowest BCUT2D eigenvalue weighted by atomic mass is 10.1. The molecule has 1 saturated heterocycles. The third kappa shape index (κ3) is 4.83. The van der Waals surface area contributed by atoms with Crippen molar-refractivity contribution in [3.8, 4) is 0 Å². The van der Waals surface area contributed by atoms with Gasteiger partial charge in [0.1, 0.15) is 6.04 Å². The molecule has 0 aliphatic carbocycles. The molecule has 1 aliphatic heterocycles. The summed E-state index contributed by atoms with van der Waals surface area (Å²) in [6.45, 7) is 5.07. The fraction of sp³-hybridized carbons (Fsp3) is 0.588. The van der Waals surface area contributed by atoms with Crippen LogP contribution >= 0.6 is 0 Å². The minimum atomic E-state index is -0.425. The summed E-state index contributed by atoms with van der Waals surface area (Å²) in [6, 6.07) is 10.0. The van der Waals surface area contributed by atoms with Gasteiger partial charge in [0.2, 0.25) is 0 Å². The van der Waals surface area contributed by atoms with Gasteiger partial charge in [-0.2, -0.15) is 0 Å². The molecule has 116 valence electrons. The topological polar surface area (TPSA) is 49.8 Å². The van der Waals surface area contributed by atoms with Gasteiger partial charge in [-0.1, -0.05) is 30.3 Å². The van der Waals surface area contributed by atoms with Gasteiger partial charge < -0.3 is 9.84 Å². The Balaban J connectivity index is 1.84. The SMILES string of the molecule is CC(C)OC(=O)[C@@H]1C[C@@H](O)CN1CCCc1ccccc1. The molecule has 21 heavy (non-hydrogen) atoms. The van der Waals surface area contributed by atoms with Crippen LogP contribution in [0.3, 0.4) is 0 Å². The number of likely N-dealkylation sites (tertiary alicyclic amines) is 1.